The molecule has 1 aliphatic rings. The Bertz CT molecular complexity index is 6140. The molecule has 1 heterocycles. The molecule has 0 unspecified atom stereocenters. The van der Waals surface area contributed by atoms with Crippen molar-refractivity contribution < 1.29 is 0 Å². The molecule has 0 aliphatic heterocycles. The van der Waals surface area contributed by atoms with E-state index in [-0.39, 0.29) is 0 Å². The van der Waals surface area contributed by atoms with E-state index >= 15 is 0 Å². The van der Waals surface area contributed by atoms with Crippen molar-refractivity contribution in [2.45, 2.75) is 19.3 Å². The monoisotopic (exact) mass is 1310 g/mol. The first-order valence-corrected chi connectivity index (χ1v) is 34.8. The lowest BCUT2D eigenvalue weighted by Crippen LogP contribution is -2.16. The fraction of sp³-hybridized carbons (Fsp3) is 0.0297. The molecular weight excluding hydrogens is 1240 g/mol. The minimum atomic E-state index is -0.394. The molecular formula is C101H66N2. The normalized spacial score (nSPS) is 11.8. The molecule has 0 saturated heterocycles. The lowest BCUT2D eigenvalue weighted by molar-refractivity contribution is 0.660. The molecule has 0 fully saturated rings. The van der Waals surface area contributed by atoms with Gasteiger partial charge in [-0.15, -0.1) is 25.7 Å². The first-order chi connectivity index (χ1) is 50.6. The van der Waals surface area contributed by atoms with Gasteiger partial charge in [-0.2, -0.15) is 0 Å². The summed E-state index contributed by atoms with van der Waals surface area (Å²) in [6.07, 6.45) is 24.2. The molecule has 103 heavy (non-hydrogen) atoms. The lowest BCUT2D eigenvalue weighted by Gasteiger charge is -2.28. The van der Waals surface area contributed by atoms with E-state index in [1.165, 1.54) is 49.6 Å². The summed E-state index contributed by atoms with van der Waals surface area (Å²) in [6, 6.07) is 123. The van der Waals surface area contributed by atoms with Crippen LogP contribution in [0.4, 0.5) is 17.1 Å². The molecule has 480 valence electrons. The molecule has 0 N–H and O–H groups in total. The highest BCUT2D eigenvalue weighted by atomic mass is 15.1. The molecule has 0 bridgehead atoms. The van der Waals surface area contributed by atoms with Crippen molar-refractivity contribution in [3.8, 4) is 166 Å². The van der Waals surface area contributed by atoms with Crippen LogP contribution < -0.4 is 4.90 Å². The van der Waals surface area contributed by atoms with Crippen molar-refractivity contribution in [1.29, 1.82) is 0 Å². The number of para-hydroxylation sites is 2. The highest BCUT2D eigenvalue weighted by Crippen LogP contribution is 2.53. The zero-order valence-corrected chi connectivity index (χ0v) is 57.0. The third-order valence-electron chi connectivity index (χ3n) is 20.7. The summed E-state index contributed by atoms with van der Waals surface area (Å²) >= 11 is 0. The summed E-state index contributed by atoms with van der Waals surface area (Å²) in [5.41, 5.74) is 33.4. The van der Waals surface area contributed by atoms with Gasteiger partial charge in [0.05, 0.1) is 11.0 Å². The Morgan fingerprint density at radius 3 is 1.14 bits per heavy atom. The molecule has 17 rings (SSSR count). The Kier molecular flexibility index (Phi) is 15.9. The van der Waals surface area contributed by atoms with Crippen LogP contribution in [-0.4, -0.2) is 4.57 Å². The maximum absolute atomic E-state index is 6.17. The zero-order chi connectivity index (χ0) is 69.7. The molecule has 1 aliphatic carbocycles. The molecule has 0 radical (unpaired) electrons. The van der Waals surface area contributed by atoms with Gasteiger partial charge < -0.3 is 9.47 Å². The summed E-state index contributed by atoms with van der Waals surface area (Å²) in [5, 5.41) is 2.45. The van der Waals surface area contributed by atoms with Gasteiger partial charge in [0.2, 0.25) is 0 Å². The second-order valence-electron chi connectivity index (χ2n) is 27.0. The largest absolute Gasteiger partial charge is 0.310 e. The minimum absolute atomic E-state index is 0.394. The third-order valence-corrected chi connectivity index (χ3v) is 20.7. The lowest BCUT2D eigenvalue weighted by atomic mass is 9.81. The molecule has 2 nitrogen and oxygen atoms in total. The number of hydrogen-bond donors (Lipinski definition) is 0. The van der Waals surface area contributed by atoms with E-state index in [0.717, 1.165) is 117 Å². The highest BCUT2D eigenvalue weighted by Gasteiger charge is 2.37. The predicted octanol–water partition coefficient (Wildman–Crippen LogP) is 25.5. The van der Waals surface area contributed by atoms with Crippen molar-refractivity contribution in [3.63, 3.8) is 0 Å². The quantitative estimate of drug-likeness (QED) is 0.104. The Balaban J connectivity index is 0.786. The minimum Gasteiger partial charge on any atom is -0.310 e. The van der Waals surface area contributed by atoms with E-state index in [0.29, 0.717) is 22.3 Å². The first kappa shape index (κ1) is 62.6. The van der Waals surface area contributed by atoms with Crippen LogP contribution in [-0.2, 0) is 5.41 Å². The van der Waals surface area contributed by atoms with Crippen LogP contribution in [0.15, 0.2) is 340 Å². The summed E-state index contributed by atoms with van der Waals surface area (Å²) in [6.45, 7) is 4.76. The average Bonchev–Trinajstić information content (AvgIpc) is 1.59. The Morgan fingerprint density at radius 2 is 0.602 bits per heavy atom. The van der Waals surface area contributed by atoms with Crippen LogP contribution in [0.25, 0.3) is 139 Å². The SMILES string of the molecule is C#Cc1ccc(-c2ccc(-c3cc(-c4cc(-c5ccccc5)cc(-c5ccccc5)c4)cc(-c4ccc5c(c4)C(C)(C)c4cc(N(c6ccc(-c7ccccc7)cc6)c6ccc(-c7ccc8c(c7)c7ccccc7n8-c7ccccc7)cc6)ccc4-5)c3)cc2-c2ccc(C#C)c(C#C)c2)cc1C#C. The van der Waals surface area contributed by atoms with Crippen molar-refractivity contribution >= 4 is 38.9 Å². The second-order valence-corrected chi connectivity index (χ2v) is 27.0. The van der Waals surface area contributed by atoms with E-state index in [1.54, 1.807) is 0 Å². The van der Waals surface area contributed by atoms with Gasteiger partial charge in [-0.3, -0.25) is 0 Å². The van der Waals surface area contributed by atoms with Gasteiger partial charge in [-0.05, 0) is 262 Å². The highest BCUT2D eigenvalue weighted by molar-refractivity contribution is 6.10. The second kappa shape index (κ2) is 26.1. The number of hydrogen-bond acceptors (Lipinski definition) is 1. The molecule has 1 aromatic heterocycles. The molecule has 0 saturated carbocycles. The van der Waals surface area contributed by atoms with Crippen LogP contribution in [0.2, 0.25) is 0 Å². The number of nitrogens with zero attached hydrogens (tertiary/aromatic N) is 2. The van der Waals surface area contributed by atoms with Crippen LogP contribution >= 0.6 is 0 Å². The number of rotatable bonds is 13. The van der Waals surface area contributed by atoms with Crippen molar-refractivity contribution in [1.82, 2.24) is 4.57 Å². The van der Waals surface area contributed by atoms with Crippen molar-refractivity contribution in [2.75, 3.05) is 4.90 Å². The first-order valence-electron chi connectivity index (χ1n) is 34.8. The summed E-state index contributed by atoms with van der Waals surface area (Å²) in [5.74, 6) is 11.2. The van der Waals surface area contributed by atoms with Crippen LogP contribution in [0.1, 0.15) is 47.2 Å². The van der Waals surface area contributed by atoms with Gasteiger partial charge in [0.25, 0.3) is 0 Å². The van der Waals surface area contributed by atoms with Crippen molar-refractivity contribution in [2.24, 2.45) is 0 Å². The third kappa shape index (κ3) is 11.4. The fourth-order valence-corrected chi connectivity index (χ4v) is 15.4. The average molecular weight is 1310 g/mol. The van der Waals surface area contributed by atoms with Gasteiger partial charge in [0, 0.05) is 61.2 Å². The van der Waals surface area contributed by atoms with Crippen LogP contribution in [0.3, 0.4) is 0 Å². The van der Waals surface area contributed by atoms with Crippen LogP contribution in [0, 0.1) is 49.4 Å². The van der Waals surface area contributed by atoms with Gasteiger partial charge in [0.15, 0.2) is 0 Å². The number of benzene rings is 15. The van der Waals surface area contributed by atoms with Gasteiger partial charge in [0.1, 0.15) is 0 Å². The number of aromatic nitrogens is 1. The molecule has 0 spiro atoms. The smallest absolute Gasteiger partial charge is 0.0541 e. The van der Waals surface area contributed by atoms with Gasteiger partial charge in [-0.1, -0.05) is 238 Å². The maximum atomic E-state index is 6.17. The van der Waals surface area contributed by atoms with Crippen molar-refractivity contribution in [3.05, 3.63) is 373 Å². The number of terminal acetylenes is 4. The zero-order valence-electron chi connectivity index (χ0n) is 57.0. The number of anilines is 3. The van der Waals surface area contributed by atoms with Gasteiger partial charge in [-0.25, -0.2) is 0 Å². The number of fused-ring (bicyclic) bond motifs is 6. The fourth-order valence-electron chi connectivity index (χ4n) is 15.4. The summed E-state index contributed by atoms with van der Waals surface area (Å²) in [4.78, 5) is 2.41. The predicted molar refractivity (Wildman–Crippen MR) is 434 cm³/mol. The Labute approximate surface area is 603 Å². The van der Waals surface area contributed by atoms with E-state index in [4.69, 9.17) is 25.7 Å². The van der Waals surface area contributed by atoms with Gasteiger partial charge >= 0.3 is 0 Å². The Morgan fingerprint density at radius 1 is 0.243 bits per heavy atom. The molecule has 0 amide bonds. The topological polar surface area (TPSA) is 8.17 Å². The summed E-state index contributed by atoms with van der Waals surface area (Å²) < 4.78 is 2.37. The van der Waals surface area contributed by atoms with E-state index in [9.17, 15) is 0 Å². The molecule has 16 aromatic rings. The van der Waals surface area contributed by atoms with E-state index < -0.39 is 5.41 Å². The maximum Gasteiger partial charge on any atom is 0.0541 e. The molecule has 15 aromatic carbocycles. The van der Waals surface area contributed by atoms with E-state index in [2.05, 4.69) is 356 Å². The van der Waals surface area contributed by atoms with E-state index in [1.807, 2.05) is 30.3 Å². The molecule has 2 heteroatoms. The molecule has 0 atom stereocenters. The Hall–Kier alpha value is -13.9. The summed E-state index contributed by atoms with van der Waals surface area (Å²) in [7, 11) is 0. The van der Waals surface area contributed by atoms with Crippen LogP contribution in [0.5, 0.6) is 0 Å². The standard InChI is InChI=1S/C101H66N2/c1-7-67-35-37-79(55-69(67)9-3)91-51-43-77(63-95(91)80-38-36-68(8-2)70(10-4)56-80)83-60-84(62-86(61-83)85-58-81(72-27-17-12-18-28-72)57-82(59-85)73-29-19-13-20-30-73)78-44-52-92-93-53-50-90(66-98(93)101(5,6)97(92)65-78)102(88-46-39-74(40-47-88)71-25-15-11-16-26-71)89-48-41-75(42-49-89)76-45-54-100-96(64-76)94-33-23-24-34-99(94)103(100)87-31-21-14-22-32-87/h1-4,11-66H,5-6H3.